The topological polar surface area (TPSA) is 46.5 Å². The Morgan fingerprint density at radius 2 is 2.33 bits per heavy atom. The van der Waals surface area contributed by atoms with E-state index in [4.69, 9.17) is 0 Å². The van der Waals surface area contributed by atoms with Gasteiger partial charge in [-0.3, -0.25) is 0 Å². The predicted molar refractivity (Wildman–Crippen MR) is 48.1 cm³/mol. The SMILES string of the molecule is CCOC(=O)C(O)CC1(Br)CC1. The molecule has 0 saturated heterocycles. The highest BCUT2D eigenvalue weighted by Crippen LogP contribution is 2.48. The van der Waals surface area contributed by atoms with Crippen LogP contribution in [0.3, 0.4) is 0 Å². The molecule has 1 rings (SSSR count). The van der Waals surface area contributed by atoms with Crippen molar-refractivity contribution in [2.45, 2.75) is 36.6 Å². The Kier molecular flexibility index (Phi) is 3.12. The van der Waals surface area contributed by atoms with Gasteiger partial charge < -0.3 is 9.84 Å². The van der Waals surface area contributed by atoms with Crippen LogP contribution in [-0.2, 0) is 9.53 Å². The molecule has 4 heteroatoms. The van der Waals surface area contributed by atoms with Crippen LogP contribution in [0, 0.1) is 0 Å². The lowest BCUT2D eigenvalue weighted by molar-refractivity contribution is -0.153. The maximum absolute atomic E-state index is 11.0. The maximum atomic E-state index is 11.0. The Labute approximate surface area is 80.2 Å². The number of carbonyl (C=O) groups excluding carboxylic acids is 1. The number of esters is 1. The van der Waals surface area contributed by atoms with Gasteiger partial charge in [0.25, 0.3) is 0 Å². The highest BCUT2D eigenvalue weighted by molar-refractivity contribution is 9.10. The van der Waals surface area contributed by atoms with Crippen LogP contribution in [0.25, 0.3) is 0 Å². The Morgan fingerprint density at radius 3 is 2.75 bits per heavy atom. The van der Waals surface area contributed by atoms with Crippen LogP contribution < -0.4 is 0 Å². The fourth-order valence-corrected chi connectivity index (χ4v) is 1.51. The summed E-state index contributed by atoms with van der Waals surface area (Å²) < 4.78 is 4.68. The van der Waals surface area contributed by atoms with Gasteiger partial charge in [-0.1, -0.05) is 15.9 Å². The zero-order valence-electron chi connectivity index (χ0n) is 7.05. The van der Waals surface area contributed by atoms with Gasteiger partial charge in [0.05, 0.1) is 6.61 Å². The number of carbonyl (C=O) groups is 1. The first-order chi connectivity index (χ1) is 5.57. The third kappa shape index (κ3) is 2.75. The highest BCUT2D eigenvalue weighted by atomic mass is 79.9. The van der Waals surface area contributed by atoms with Gasteiger partial charge in [0.15, 0.2) is 6.10 Å². The second kappa shape index (κ2) is 3.75. The second-order valence-electron chi connectivity index (χ2n) is 3.12. The smallest absolute Gasteiger partial charge is 0.334 e. The maximum Gasteiger partial charge on any atom is 0.334 e. The highest BCUT2D eigenvalue weighted by Gasteiger charge is 2.43. The van der Waals surface area contributed by atoms with Crippen LogP contribution in [0.4, 0.5) is 0 Å². The van der Waals surface area contributed by atoms with Crippen molar-refractivity contribution in [3.63, 3.8) is 0 Å². The molecule has 70 valence electrons. The average Bonchev–Trinajstić information content (AvgIpc) is 2.68. The number of ether oxygens (including phenoxy) is 1. The van der Waals surface area contributed by atoms with E-state index in [1.807, 2.05) is 0 Å². The van der Waals surface area contributed by atoms with E-state index in [-0.39, 0.29) is 4.32 Å². The number of aliphatic hydroxyl groups excluding tert-OH is 1. The molecule has 1 fully saturated rings. The summed E-state index contributed by atoms with van der Waals surface area (Å²) in [6, 6.07) is 0. The number of alkyl halides is 1. The average molecular weight is 237 g/mol. The standard InChI is InChI=1S/C8H13BrO3/c1-2-12-7(11)6(10)5-8(9)3-4-8/h6,10H,2-5H2,1H3. The van der Waals surface area contributed by atoms with Crippen molar-refractivity contribution in [3.8, 4) is 0 Å². The Bertz CT molecular complexity index is 177. The van der Waals surface area contributed by atoms with Crippen molar-refractivity contribution < 1.29 is 14.6 Å². The van der Waals surface area contributed by atoms with Crippen molar-refractivity contribution >= 4 is 21.9 Å². The van der Waals surface area contributed by atoms with Crippen LogP contribution in [0.5, 0.6) is 0 Å². The fourth-order valence-electron chi connectivity index (χ4n) is 1.01. The van der Waals surface area contributed by atoms with Crippen molar-refractivity contribution in [3.05, 3.63) is 0 Å². The van der Waals surface area contributed by atoms with Gasteiger partial charge in [0.2, 0.25) is 0 Å². The summed E-state index contributed by atoms with van der Waals surface area (Å²) in [7, 11) is 0. The van der Waals surface area contributed by atoms with E-state index in [1.54, 1.807) is 6.92 Å². The summed E-state index contributed by atoms with van der Waals surface area (Å²) >= 11 is 3.44. The molecule has 0 spiro atoms. The Balaban J connectivity index is 2.27. The van der Waals surface area contributed by atoms with E-state index in [0.717, 1.165) is 12.8 Å². The number of hydrogen-bond donors (Lipinski definition) is 1. The van der Waals surface area contributed by atoms with Crippen LogP contribution in [0.1, 0.15) is 26.2 Å². The van der Waals surface area contributed by atoms with E-state index >= 15 is 0 Å². The van der Waals surface area contributed by atoms with Gasteiger partial charge in [-0.05, 0) is 26.2 Å². The molecule has 0 aliphatic heterocycles. The van der Waals surface area contributed by atoms with Gasteiger partial charge in [0.1, 0.15) is 0 Å². The van der Waals surface area contributed by atoms with Crippen LogP contribution in [0.2, 0.25) is 0 Å². The normalized spacial score (nSPS) is 21.6. The Morgan fingerprint density at radius 1 is 1.75 bits per heavy atom. The molecule has 1 saturated carbocycles. The molecule has 1 unspecified atom stereocenters. The van der Waals surface area contributed by atoms with Gasteiger partial charge in [-0.25, -0.2) is 4.79 Å². The van der Waals surface area contributed by atoms with Crippen molar-refractivity contribution in [2.24, 2.45) is 0 Å². The molecule has 0 aromatic heterocycles. The largest absolute Gasteiger partial charge is 0.464 e. The second-order valence-corrected chi connectivity index (χ2v) is 4.81. The van der Waals surface area contributed by atoms with E-state index in [2.05, 4.69) is 20.7 Å². The molecule has 1 N–H and O–H groups in total. The first-order valence-corrected chi connectivity index (χ1v) is 4.90. The first kappa shape index (κ1) is 9.99. The van der Waals surface area contributed by atoms with Crippen molar-refractivity contribution in [2.75, 3.05) is 6.61 Å². The van der Waals surface area contributed by atoms with E-state index in [0.29, 0.717) is 13.0 Å². The third-order valence-electron chi connectivity index (χ3n) is 1.91. The van der Waals surface area contributed by atoms with E-state index in [9.17, 15) is 9.90 Å². The zero-order chi connectivity index (χ0) is 9.19. The summed E-state index contributed by atoms with van der Waals surface area (Å²) in [5, 5.41) is 9.32. The molecule has 12 heavy (non-hydrogen) atoms. The van der Waals surface area contributed by atoms with Crippen molar-refractivity contribution in [1.29, 1.82) is 0 Å². The van der Waals surface area contributed by atoms with Crippen LogP contribution in [-0.4, -0.2) is 28.1 Å². The molecule has 1 aliphatic carbocycles. The molecular formula is C8H13BrO3. The number of rotatable bonds is 4. The molecular weight excluding hydrogens is 224 g/mol. The minimum absolute atomic E-state index is 0.0131. The third-order valence-corrected chi connectivity index (χ3v) is 3.03. The minimum Gasteiger partial charge on any atom is -0.464 e. The molecule has 0 radical (unpaired) electrons. The van der Waals surface area contributed by atoms with Gasteiger partial charge in [-0.15, -0.1) is 0 Å². The summed E-state index contributed by atoms with van der Waals surface area (Å²) in [4.78, 5) is 11.0. The van der Waals surface area contributed by atoms with Crippen molar-refractivity contribution in [1.82, 2.24) is 0 Å². The minimum atomic E-state index is -0.966. The lowest BCUT2D eigenvalue weighted by Crippen LogP contribution is -2.26. The monoisotopic (exact) mass is 236 g/mol. The predicted octanol–water partition coefficient (Wildman–Crippen LogP) is 1.23. The molecule has 1 aliphatic rings. The lowest BCUT2D eigenvalue weighted by Gasteiger charge is -2.12. The number of hydrogen-bond acceptors (Lipinski definition) is 3. The summed E-state index contributed by atoms with van der Waals surface area (Å²) in [5.74, 6) is -0.511. The first-order valence-electron chi connectivity index (χ1n) is 4.11. The summed E-state index contributed by atoms with van der Waals surface area (Å²) in [6.45, 7) is 2.05. The lowest BCUT2D eigenvalue weighted by atomic mass is 10.2. The molecule has 0 heterocycles. The zero-order valence-corrected chi connectivity index (χ0v) is 8.63. The van der Waals surface area contributed by atoms with E-state index in [1.165, 1.54) is 0 Å². The van der Waals surface area contributed by atoms with Gasteiger partial charge in [0, 0.05) is 4.32 Å². The molecule has 1 atom stereocenters. The quantitative estimate of drug-likeness (QED) is 0.590. The van der Waals surface area contributed by atoms with Gasteiger partial charge in [-0.2, -0.15) is 0 Å². The van der Waals surface area contributed by atoms with E-state index < -0.39 is 12.1 Å². The summed E-state index contributed by atoms with van der Waals surface area (Å²) in [6.07, 6.45) is 1.56. The number of halogens is 1. The van der Waals surface area contributed by atoms with Crippen LogP contribution in [0.15, 0.2) is 0 Å². The number of aliphatic hydroxyl groups is 1. The molecule has 0 bridgehead atoms. The van der Waals surface area contributed by atoms with Gasteiger partial charge >= 0.3 is 5.97 Å². The Hall–Kier alpha value is -0.0900. The molecule has 0 aromatic carbocycles. The molecule has 0 aromatic rings. The molecule has 0 amide bonds. The fraction of sp³-hybridized carbons (Fsp3) is 0.875. The molecule has 3 nitrogen and oxygen atoms in total. The summed E-state index contributed by atoms with van der Waals surface area (Å²) in [5.41, 5.74) is 0. The van der Waals surface area contributed by atoms with Crippen LogP contribution >= 0.6 is 15.9 Å².